The van der Waals surface area contributed by atoms with Gasteiger partial charge in [0.2, 0.25) is 0 Å². The van der Waals surface area contributed by atoms with Crippen LogP contribution in [0.2, 0.25) is 0 Å². The highest BCUT2D eigenvalue weighted by Crippen LogP contribution is 2.28. The molecule has 0 aliphatic rings. The van der Waals surface area contributed by atoms with Crippen molar-refractivity contribution in [3.05, 3.63) is 65.2 Å². The zero-order chi connectivity index (χ0) is 19.9. The molecule has 0 radical (unpaired) electrons. The molecule has 5 nitrogen and oxygen atoms in total. The normalized spacial score (nSPS) is 11.8. The molecule has 0 saturated heterocycles. The minimum atomic E-state index is -0.310. The van der Waals surface area contributed by atoms with Gasteiger partial charge in [0, 0.05) is 12.6 Å². The summed E-state index contributed by atoms with van der Waals surface area (Å²) in [6.07, 6.45) is 1.07. The molecule has 0 saturated carbocycles. The Morgan fingerprint density at radius 2 is 1.78 bits per heavy atom. The van der Waals surface area contributed by atoms with Gasteiger partial charge in [-0.3, -0.25) is 4.79 Å². The van der Waals surface area contributed by atoms with Crippen LogP contribution >= 0.6 is 0 Å². The van der Waals surface area contributed by atoms with Crippen LogP contribution < -0.4 is 10.1 Å². The molecule has 2 aromatic carbocycles. The fraction of sp³-hybridized carbons (Fsp3) is 0.364. The van der Waals surface area contributed by atoms with Gasteiger partial charge in [0.1, 0.15) is 19.5 Å². The third-order valence-corrected chi connectivity index (χ3v) is 4.81. The lowest BCUT2D eigenvalue weighted by Gasteiger charge is -2.23. The average Bonchev–Trinajstić information content (AvgIpc) is 2.70. The predicted octanol–water partition coefficient (Wildman–Crippen LogP) is 4.05. The lowest BCUT2D eigenvalue weighted by molar-refractivity contribution is -0.114. The maximum atomic E-state index is 12.1. The maximum Gasteiger partial charge on any atom is 0.273 e. The second-order valence-corrected chi connectivity index (χ2v) is 6.91. The van der Waals surface area contributed by atoms with Crippen molar-refractivity contribution in [2.24, 2.45) is 5.16 Å². The van der Waals surface area contributed by atoms with E-state index in [9.17, 15) is 4.79 Å². The Labute approximate surface area is 161 Å². The molecule has 0 unspecified atom stereocenters. The van der Waals surface area contributed by atoms with E-state index >= 15 is 0 Å². The van der Waals surface area contributed by atoms with Crippen LogP contribution in [0.5, 0.6) is 5.75 Å². The molecule has 0 fully saturated rings. The minimum Gasteiger partial charge on any atom is -0.489 e. The summed E-state index contributed by atoms with van der Waals surface area (Å²) in [4.78, 5) is 17.0. The molecule has 1 N–H and O–H groups in total. The molecule has 0 heterocycles. The van der Waals surface area contributed by atoms with Crippen LogP contribution in [0.25, 0.3) is 0 Å². The topological polar surface area (TPSA) is 59.9 Å². The van der Waals surface area contributed by atoms with Crippen molar-refractivity contribution in [3.63, 3.8) is 0 Å². The highest BCUT2D eigenvalue weighted by molar-refractivity contribution is 6.45. The van der Waals surface area contributed by atoms with E-state index < -0.39 is 0 Å². The molecule has 2 aromatic rings. The summed E-state index contributed by atoms with van der Waals surface area (Å²) in [5.74, 6) is 0.473. The minimum absolute atomic E-state index is 0.143. The van der Waals surface area contributed by atoms with Gasteiger partial charge in [0.15, 0.2) is 5.71 Å². The summed E-state index contributed by atoms with van der Waals surface area (Å²) >= 11 is 0. The predicted molar refractivity (Wildman–Crippen MR) is 108 cm³/mol. The number of hydrogen-bond acceptors (Lipinski definition) is 4. The first-order chi connectivity index (χ1) is 12.9. The molecule has 0 spiro atoms. The van der Waals surface area contributed by atoms with Crippen LogP contribution in [-0.2, 0) is 21.7 Å². The van der Waals surface area contributed by atoms with Crippen LogP contribution in [0.1, 0.15) is 43.9 Å². The smallest absolute Gasteiger partial charge is 0.273 e. The van der Waals surface area contributed by atoms with E-state index in [4.69, 9.17) is 9.57 Å². The number of ether oxygens (including phenoxy) is 1. The third-order valence-electron chi connectivity index (χ3n) is 4.81. The van der Waals surface area contributed by atoms with E-state index in [1.165, 1.54) is 12.7 Å². The van der Waals surface area contributed by atoms with Gasteiger partial charge >= 0.3 is 0 Å². The molecule has 0 aliphatic carbocycles. The number of nitrogens with zero attached hydrogens (tertiary/aromatic N) is 1. The second-order valence-electron chi connectivity index (χ2n) is 6.91. The fourth-order valence-electron chi connectivity index (χ4n) is 2.67. The zero-order valence-electron chi connectivity index (χ0n) is 16.7. The van der Waals surface area contributed by atoms with Gasteiger partial charge in [0.25, 0.3) is 5.91 Å². The fourth-order valence-corrected chi connectivity index (χ4v) is 2.67. The number of rotatable bonds is 8. The van der Waals surface area contributed by atoms with Gasteiger partial charge in [-0.05, 0) is 35.1 Å². The first-order valence-electron chi connectivity index (χ1n) is 9.07. The largest absolute Gasteiger partial charge is 0.489 e. The van der Waals surface area contributed by atoms with Crippen molar-refractivity contribution in [2.75, 3.05) is 14.2 Å². The van der Waals surface area contributed by atoms with Gasteiger partial charge < -0.3 is 14.9 Å². The van der Waals surface area contributed by atoms with E-state index in [0.29, 0.717) is 12.2 Å². The van der Waals surface area contributed by atoms with Crippen LogP contribution in [0.4, 0.5) is 0 Å². The number of amides is 1. The number of nitrogens with one attached hydrogen (secondary N) is 1. The van der Waals surface area contributed by atoms with Crippen molar-refractivity contribution < 1.29 is 14.4 Å². The summed E-state index contributed by atoms with van der Waals surface area (Å²) in [6.45, 7) is 6.97. The van der Waals surface area contributed by atoms with E-state index in [2.05, 4.69) is 43.4 Å². The number of carbonyl (C=O) groups excluding carboxylic acids is 1. The van der Waals surface area contributed by atoms with Gasteiger partial charge in [-0.15, -0.1) is 0 Å². The molecule has 0 aromatic heterocycles. The number of carbonyl (C=O) groups is 1. The summed E-state index contributed by atoms with van der Waals surface area (Å²) in [5, 5.41) is 6.46. The van der Waals surface area contributed by atoms with Crippen LogP contribution in [0, 0.1) is 0 Å². The van der Waals surface area contributed by atoms with Gasteiger partial charge in [-0.1, -0.05) is 62.3 Å². The van der Waals surface area contributed by atoms with E-state index in [-0.39, 0.29) is 17.0 Å². The van der Waals surface area contributed by atoms with Gasteiger partial charge in [-0.2, -0.15) is 0 Å². The molecule has 1 amide bonds. The van der Waals surface area contributed by atoms with Crippen molar-refractivity contribution in [3.8, 4) is 5.75 Å². The first-order valence-corrected chi connectivity index (χ1v) is 9.07. The number of oxime groups is 1. The van der Waals surface area contributed by atoms with Gasteiger partial charge in [-0.25, -0.2) is 0 Å². The highest BCUT2D eigenvalue weighted by Gasteiger charge is 2.19. The zero-order valence-corrected chi connectivity index (χ0v) is 16.7. The van der Waals surface area contributed by atoms with Crippen molar-refractivity contribution in [1.29, 1.82) is 0 Å². The van der Waals surface area contributed by atoms with Crippen molar-refractivity contribution in [2.45, 2.75) is 39.2 Å². The molecule has 27 heavy (non-hydrogen) atoms. The lowest BCUT2D eigenvalue weighted by atomic mass is 9.82. The summed E-state index contributed by atoms with van der Waals surface area (Å²) in [7, 11) is 2.98. The summed E-state index contributed by atoms with van der Waals surface area (Å²) in [6, 6.07) is 15.7. The van der Waals surface area contributed by atoms with E-state index in [0.717, 1.165) is 17.7 Å². The van der Waals surface area contributed by atoms with Crippen LogP contribution in [0.15, 0.2) is 53.7 Å². The number of likely N-dealkylation sites (N-methyl/N-ethyl adjacent to an activating group) is 1. The summed E-state index contributed by atoms with van der Waals surface area (Å²) in [5.41, 5.74) is 3.19. The van der Waals surface area contributed by atoms with E-state index in [1.54, 1.807) is 7.05 Å². The van der Waals surface area contributed by atoms with Crippen LogP contribution in [0.3, 0.4) is 0 Å². The molecule has 0 bridgehead atoms. The molecule has 144 valence electrons. The highest BCUT2D eigenvalue weighted by atomic mass is 16.6. The van der Waals surface area contributed by atoms with E-state index in [1.807, 2.05) is 36.4 Å². The summed E-state index contributed by atoms with van der Waals surface area (Å²) < 4.78 is 5.95. The molecule has 2 rings (SSSR count). The Hall–Kier alpha value is -2.82. The molecule has 0 atom stereocenters. The van der Waals surface area contributed by atoms with Gasteiger partial charge in [0.05, 0.1) is 0 Å². The maximum absolute atomic E-state index is 12.1. The van der Waals surface area contributed by atoms with Crippen LogP contribution in [-0.4, -0.2) is 25.8 Å². The molecular formula is C22H28N2O3. The molecular weight excluding hydrogens is 340 g/mol. The quantitative estimate of drug-likeness (QED) is 0.565. The number of hydrogen-bond donors (Lipinski definition) is 1. The molecule has 5 heteroatoms. The Morgan fingerprint density at radius 1 is 1.11 bits per heavy atom. The average molecular weight is 368 g/mol. The molecule has 0 aliphatic heterocycles. The Morgan fingerprint density at radius 3 is 2.37 bits per heavy atom. The van der Waals surface area contributed by atoms with Crippen molar-refractivity contribution in [1.82, 2.24) is 5.32 Å². The monoisotopic (exact) mass is 368 g/mol. The second kappa shape index (κ2) is 9.21. The first kappa shape index (κ1) is 20.5. The Balaban J connectivity index is 2.19. The Bertz CT molecular complexity index is 795. The SMILES string of the molecule is CCC(C)(C)c1ccc(OCc2ccccc2C(=NOC)C(=O)NC)cc1. The lowest BCUT2D eigenvalue weighted by Crippen LogP contribution is -2.29. The number of benzene rings is 2. The third kappa shape index (κ3) is 5.09. The standard InChI is InChI=1S/C22H28N2O3/c1-6-22(2,3)17-11-13-18(14-12-17)27-15-16-9-7-8-10-19(16)20(24-26-5)21(25)23-4/h7-14H,6,15H2,1-5H3,(H,23,25). The van der Waals surface area contributed by atoms with Crippen molar-refractivity contribution >= 4 is 11.6 Å². The Kier molecular flexibility index (Phi) is 6.99.